The minimum Gasteiger partial charge on any atom is -0.322 e. The Morgan fingerprint density at radius 1 is 0.675 bits per heavy atom. The van der Waals surface area contributed by atoms with Crippen molar-refractivity contribution in [2.24, 2.45) is 0 Å². The standard InChI is InChI=1S/C34H32N4O2/c1-4-18-37-20-6-8-27-22-29(14-16-31(27)37)35-33(39)24(3)25-10-12-26(13-11-25)34(40)36-30-15-17-32-28(23-30)9-7-21-38(32)19-5-2/h6-17,20-23H,3-5,18-19H2,1-2H3/p+2. The van der Waals surface area contributed by atoms with Crippen molar-refractivity contribution in [1.82, 2.24) is 0 Å². The first-order chi connectivity index (χ1) is 19.5. The number of aryl methyl sites for hydroxylation is 2. The summed E-state index contributed by atoms with van der Waals surface area (Å²) in [6.07, 6.45) is 6.24. The van der Waals surface area contributed by atoms with Crippen molar-refractivity contribution >= 4 is 50.6 Å². The van der Waals surface area contributed by atoms with Crippen molar-refractivity contribution in [2.45, 2.75) is 39.8 Å². The van der Waals surface area contributed by atoms with E-state index in [0.29, 0.717) is 22.4 Å². The molecule has 40 heavy (non-hydrogen) atoms. The second kappa shape index (κ2) is 11.9. The van der Waals surface area contributed by atoms with Gasteiger partial charge in [0.2, 0.25) is 11.0 Å². The zero-order valence-corrected chi connectivity index (χ0v) is 23.0. The topological polar surface area (TPSA) is 66.0 Å². The Morgan fingerprint density at radius 3 is 1.70 bits per heavy atom. The summed E-state index contributed by atoms with van der Waals surface area (Å²) in [5, 5.41) is 8.06. The molecule has 0 aliphatic heterocycles. The molecule has 5 aromatic rings. The number of aromatic nitrogens is 2. The van der Waals surface area contributed by atoms with E-state index in [1.165, 1.54) is 0 Å². The highest BCUT2D eigenvalue weighted by Gasteiger charge is 2.15. The molecule has 6 nitrogen and oxygen atoms in total. The molecule has 2 N–H and O–H groups in total. The van der Waals surface area contributed by atoms with Crippen molar-refractivity contribution in [2.75, 3.05) is 10.6 Å². The number of nitrogens with one attached hydrogen (secondary N) is 2. The second-order valence-corrected chi connectivity index (χ2v) is 9.91. The summed E-state index contributed by atoms with van der Waals surface area (Å²) in [6.45, 7) is 10.2. The molecule has 0 saturated carbocycles. The van der Waals surface area contributed by atoms with Gasteiger partial charge in [-0.2, -0.15) is 9.13 Å². The third-order valence-corrected chi connectivity index (χ3v) is 6.97. The van der Waals surface area contributed by atoms with Gasteiger partial charge < -0.3 is 10.6 Å². The van der Waals surface area contributed by atoms with Gasteiger partial charge in [0.05, 0.1) is 0 Å². The number of anilines is 2. The number of rotatable bonds is 9. The van der Waals surface area contributed by atoms with Crippen molar-refractivity contribution < 1.29 is 18.7 Å². The highest BCUT2D eigenvalue weighted by Crippen LogP contribution is 2.21. The Bertz CT molecular complexity index is 1720. The monoisotopic (exact) mass is 530 g/mol. The van der Waals surface area contributed by atoms with Gasteiger partial charge >= 0.3 is 0 Å². The minimum absolute atomic E-state index is 0.213. The number of nitrogens with zero attached hydrogens (tertiary/aromatic N) is 2. The van der Waals surface area contributed by atoms with Gasteiger partial charge in [-0.1, -0.05) is 32.6 Å². The predicted molar refractivity (Wildman–Crippen MR) is 161 cm³/mol. The normalized spacial score (nSPS) is 10.9. The Morgan fingerprint density at radius 2 is 1.18 bits per heavy atom. The fourth-order valence-corrected chi connectivity index (χ4v) is 4.95. The molecule has 2 heterocycles. The van der Waals surface area contributed by atoms with E-state index in [9.17, 15) is 9.59 Å². The third kappa shape index (κ3) is 5.76. The van der Waals surface area contributed by atoms with E-state index in [2.05, 4.69) is 52.6 Å². The molecule has 0 aliphatic rings. The summed E-state index contributed by atoms with van der Waals surface area (Å²) in [5.41, 5.74) is 5.18. The van der Waals surface area contributed by atoms with Crippen LogP contribution >= 0.6 is 0 Å². The molecule has 0 bridgehead atoms. The molecular weight excluding hydrogens is 496 g/mol. The van der Waals surface area contributed by atoms with E-state index < -0.39 is 0 Å². The average Bonchev–Trinajstić information content (AvgIpc) is 2.97. The number of hydrogen-bond acceptors (Lipinski definition) is 2. The average molecular weight is 531 g/mol. The molecule has 2 amide bonds. The molecule has 200 valence electrons. The SMILES string of the molecule is C=C(C(=O)Nc1ccc2c(ccc[n+]2CCC)c1)c1ccc(C(=O)Nc2ccc3c(ccc[n+]3CCC)c2)cc1. The summed E-state index contributed by atoms with van der Waals surface area (Å²) < 4.78 is 4.42. The lowest BCUT2D eigenvalue weighted by atomic mass is 10.0. The van der Waals surface area contributed by atoms with Crippen LogP contribution in [0.3, 0.4) is 0 Å². The van der Waals surface area contributed by atoms with Crippen molar-refractivity contribution in [3.8, 4) is 0 Å². The van der Waals surface area contributed by atoms with Crippen LogP contribution in [0.4, 0.5) is 11.4 Å². The summed E-state index contributed by atoms with van der Waals surface area (Å²) in [5.74, 6) is -0.500. The van der Waals surface area contributed by atoms with Crippen molar-refractivity contribution in [3.63, 3.8) is 0 Å². The van der Waals surface area contributed by atoms with E-state index in [0.717, 1.165) is 53.4 Å². The smallest absolute Gasteiger partial charge is 0.255 e. The van der Waals surface area contributed by atoms with E-state index >= 15 is 0 Å². The fourth-order valence-electron chi connectivity index (χ4n) is 4.95. The van der Waals surface area contributed by atoms with Gasteiger partial charge in [-0.05, 0) is 54.1 Å². The zero-order valence-electron chi connectivity index (χ0n) is 23.0. The summed E-state index contributed by atoms with van der Waals surface area (Å²) in [4.78, 5) is 25.9. The molecule has 3 aromatic carbocycles. The van der Waals surface area contributed by atoms with E-state index in [1.807, 2.05) is 60.7 Å². The highest BCUT2D eigenvalue weighted by molar-refractivity contribution is 6.24. The Labute approximate surface area is 234 Å². The Kier molecular flexibility index (Phi) is 7.97. The molecule has 5 rings (SSSR count). The van der Waals surface area contributed by atoms with Crippen LogP contribution in [-0.4, -0.2) is 11.8 Å². The summed E-state index contributed by atoms with van der Waals surface area (Å²) in [7, 11) is 0. The Hall–Kier alpha value is -4.84. The van der Waals surface area contributed by atoms with Crippen LogP contribution < -0.4 is 19.8 Å². The van der Waals surface area contributed by atoms with Gasteiger partial charge in [0.15, 0.2) is 12.4 Å². The van der Waals surface area contributed by atoms with Gasteiger partial charge in [0, 0.05) is 70.4 Å². The van der Waals surface area contributed by atoms with Crippen LogP contribution in [0, 0.1) is 0 Å². The number of amides is 2. The number of pyridine rings is 2. The maximum atomic E-state index is 13.0. The summed E-state index contributed by atoms with van der Waals surface area (Å²) >= 11 is 0. The lowest BCUT2D eigenvalue weighted by Gasteiger charge is -2.10. The van der Waals surface area contributed by atoms with Crippen LogP contribution in [0.1, 0.15) is 42.6 Å². The maximum absolute atomic E-state index is 13.0. The van der Waals surface area contributed by atoms with Gasteiger partial charge in [0.25, 0.3) is 11.8 Å². The largest absolute Gasteiger partial charge is 0.322 e. The first-order valence-corrected chi connectivity index (χ1v) is 13.7. The summed E-state index contributed by atoms with van der Waals surface area (Å²) in [6, 6.07) is 26.9. The number of benzene rings is 3. The maximum Gasteiger partial charge on any atom is 0.255 e. The quantitative estimate of drug-likeness (QED) is 0.174. The predicted octanol–water partition coefficient (Wildman–Crippen LogP) is 6.29. The van der Waals surface area contributed by atoms with Crippen LogP contribution in [0.25, 0.3) is 27.4 Å². The molecule has 0 unspecified atom stereocenters. The second-order valence-electron chi connectivity index (χ2n) is 9.91. The lowest BCUT2D eigenvalue weighted by Crippen LogP contribution is -2.33. The van der Waals surface area contributed by atoms with Gasteiger partial charge in [-0.3, -0.25) is 9.59 Å². The van der Waals surface area contributed by atoms with Crippen LogP contribution in [0.15, 0.2) is 104 Å². The molecule has 0 atom stereocenters. The lowest BCUT2D eigenvalue weighted by molar-refractivity contribution is -0.671. The van der Waals surface area contributed by atoms with Crippen molar-refractivity contribution in [3.05, 3.63) is 115 Å². The first kappa shape index (κ1) is 26.8. The fraction of sp³-hybridized carbons (Fsp3) is 0.176. The number of fused-ring (bicyclic) bond motifs is 2. The molecular formula is C34H34N4O2+2. The number of carbonyl (C=O) groups excluding carboxylic acids is 2. The molecule has 2 aromatic heterocycles. The molecule has 0 spiro atoms. The first-order valence-electron chi connectivity index (χ1n) is 13.7. The molecule has 0 radical (unpaired) electrons. The van der Waals surface area contributed by atoms with E-state index in [4.69, 9.17) is 0 Å². The highest BCUT2D eigenvalue weighted by atomic mass is 16.2. The van der Waals surface area contributed by atoms with Crippen molar-refractivity contribution in [1.29, 1.82) is 0 Å². The molecule has 0 fully saturated rings. The third-order valence-electron chi connectivity index (χ3n) is 6.97. The number of carbonyl (C=O) groups is 2. The Balaban J connectivity index is 1.25. The van der Waals surface area contributed by atoms with Crippen LogP contribution in [-0.2, 0) is 17.9 Å². The van der Waals surface area contributed by atoms with Gasteiger partial charge in [0.1, 0.15) is 13.1 Å². The molecule has 0 saturated heterocycles. The zero-order chi connectivity index (χ0) is 28.1. The molecule has 0 aliphatic carbocycles. The minimum atomic E-state index is -0.287. The number of hydrogen-bond donors (Lipinski definition) is 2. The molecule has 6 heteroatoms. The van der Waals surface area contributed by atoms with Gasteiger partial charge in [-0.15, -0.1) is 0 Å². The van der Waals surface area contributed by atoms with E-state index in [1.54, 1.807) is 24.3 Å². The van der Waals surface area contributed by atoms with Crippen LogP contribution in [0.2, 0.25) is 0 Å². The van der Waals surface area contributed by atoms with Crippen LogP contribution in [0.5, 0.6) is 0 Å². The van der Waals surface area contributed by atoms with E-state index in [-0.39, 0.29) is 11.8 Å². The van der Waals surface area contributed by atoms with Gasteiger partial charge in [-0.25, -0.2) is 0 Å².